The van der Waals surface area contributed by atoms with Gasteiger partial charge in [0, 0.05) is 24.4 Å². The Bertz CT molecular complexity index is 762. The number of pyridine rings is 1. The second-order valence-electron chi connectivity index (χ2n) is 6.84. The van der Waals surface area contributed by atoms with Gasteiger partial charge in [0.1, 0.15) is 5.65 Å². The zero-order valence-corrected chi connectivity index (χ0v) is 15.5. The fraction of sp³-hybridized carbons (Fsp3) is 0.474. The molecule has 25 heavy (non-hydrogen) atoms. The van der Waals surface area contributed by atoms with E-state index in [1.54, 1.807) is 11.6 Å². The van der Waals surface area contributed by atoms with Gasteiger partial charge >= 0.3 is 0 Å². The molecule has 6 nitrogen and oxygen atoms in total. The Labute approximate surface area is 148 Å². The summed E-state index contributed by atoms with van der Waals surface area (Å²) in [6, 6.07) is 3.87. The summed E-state index contributed by atoms with van der Waals surface area (Å²) in [6.07, 6.45) is 7.94. The zero-order chi connectivity index (χ0) is 18.4. The van der Waals surface area contributed by atoms with E-state index in [0.29, 0.717) is 0 Å². The number of rotatable bonds is 8. The van der Waals surface area contributed by atoms with Gasteiger partial charge in [0.15, 0.2) is 0 Å². The topological polar surface area (TPSA) is 78.7 Å². The number of imidazole rings is 1. The van der Waals surface area contributed by atoms with E-state index < -0.39 is 5.91 Å². The highest BCUT2D eigenvalue weighted by Crippen LogP contribution is 2.18. The summed E-state index contributed by atoms with van der Waals surface area (Å²) in [5.74, 6) is -0.554. The molecule has 0 saturated carbocycles. The first-order valence-electron chi connectivity index (χ1n) is 8.77. The van der Waals surface area contributed by atoms with E-state index in [9.17, 15) is 4.79 Å². The third-order valence-corrected chi connectivity index (χ3v) is 4.47. The molecule has 0 aromatic carbocycles. The van der Waals surface area contributed by atoms with Crippen LogP contribution in [0.2, 0.25) is 0 Å². The van der Waals surface area contributed by atoms with Crippen LogP contribution in [-0.2, 0) is 17.8 Å². The largest absolute Gasteiger partial charge is 0.306 e. The molecule has 2 aromatic heterocycles. The number of fused-ring (bicyclic) bond motifs is 1. The van der Waals surface area contributed by atoms with Crippen LogP contribution in [-0.4, -0.2) is 26.0 Å². The Morgan fingerprint density at radius 3 is 2.80 bits per heavy atom. The number of aryl methyl sites for hydroxylation is 1. The minimum atomic E-state index is -0.554. The molecule has 0 aliphatic rings. The number of nitrogens with one attached hydrogen (secondary N) is 2. The van der Waals surface area contributed by atoms with Crippen LogP contribution < -0.4 is 10.8 Å². The average Bonchev–Trinajstić information content (AvgIpc) is 2.94. The lowest BCUT2D eigenvalue weighted by Gasteiger charge is -2.24. The molecule has 2 heterocycles. The maximum Gasteiger partial charge on any atom is 0.267 e. The number of amides is 1. The summed E-state index contributed by atoms with van der Waals surface area (Å²) < 4.78 is 2.10. The molecule has 1 amide bonds. The quantitative estimate of drug-likeness (QED) is 0.391. The van der Waals surface area contributed by atoms with Gasteiger partial charge in [-0.1, -0.05) is 20.3 Å². The molecule has 0 bridgehead atoms. The molecule has 0 unspecified atom stereocenters. The lowest BCUT2D eigenvalue weighted by molar-refractivity contribution is -0.124. The Balaban J connectivity index is 2.34. The van der Waals surface area contributed by atoms with E-state index in [2.05, 4.69) is 37.4 Å². The number of carbonyl (C=O) groups excluding carboxylic acids is 1. The molecule has 0 saturated heterocycles. The maximum atomic E-state index is 11.1. The highest BCUT2D eigenvalue weighted by atomic mass is 16.5. The zero-order valence-electron chi connectivity index (χ0n) is 15.5. The Morgan fingerprint density at radius 2 is 2.16 bits per heavy atom. The van der Waals surface area contributed by atoms with Crippen molar-refractivity contribution in [2.75, 3.05) is 0 Å². The number of hydroxylamine groups is 1. The van der Waals surface area contributed by atoms with E-state index in [0.717, 1.165) is 42.7 Å². The highest BCUT2D eigenvalue weighted by Gasteiger charge is 2.17. The minimum Gasteiger partial charge on any atom is -0.306 e. The lowest BCUT2D eigenvalue weighted by atomic mass is 10.0. The maximum absolute atomic E-state index is 11.1. The van der Waals surface area contributed by atoms with Gasteiger partial charge < -0.3 is 9.72 Å². The first-order valence-corrected chi connectivity index (χ1v) is 8.77. The first-order chi connectivity index (χ1) is 11.9. The molecule has 3 N–H and O–H groups in total. The van der Waals surface area contributed by atoms with Crippen molar-refractivity contribution in [3.05, 3.63) is 41.4 Å². The van der Waals surface area contributed by atoms with E-state index in [1.807, 2.05) is 18.3 Å². The predicted molar refractivity (Wildman–Crippen MR) is 99.4 cm³/mol. The molecule has 0 atom stereocenters. The summed E-state index contributed by atoms with van der Waals surface area (Å²) in [7, 11) is 0. The van der Waals surface area contributed by atoms with Crippen LogP contribution in [0.1, 0.15) is 57.5 Å². The average molecular weight is 344 g/mol. The predicted octanol–water partition coefficient (Wildman–Crippen LogP) is 3.08. The second kappa shape index (κ2) is 8.27. The monoisotopic (exact) mass is 344 g/mol. The molecule has 0 spiro atoms. The van der Waals surface area contributed by atoms with E-state index in [4.69, 9.17) is 10.2 Å². The van der Waals surface area contributed by atoms with Gasteiger partial charge in [-0.25, -0.2) is 10.5 Å². The van der Waals surface area contributed by atoms with E-state index in [-0.39, 0.29) is 5.54 Å². The number of hydrogen-bond donors (Lipinski definition) is 3. The Morgan fingerprint density at radius 1 is 1.40 bits per heavy atom. The van der Waals surface area contributed by atoms with Crippen molar-refractivity contribution in [3.8, 4) is 0 Å². The summed E-state index contributed by atoms with van der Waals surface area (Å²) in [5, 5.41) is 12.2. The standard InChI is InChI=1S/C19H28N4O2/c1-5-7-15-16(13-20-19(3,4)6-2)23-11-10-14(12-17(23)21-15)8-9-18(24)22-25/h8-12,20,25H,5-7,13H2,1-4H3,(H,22,24)/b9-8+. The van der Waals surface area contributed by atoms with Crippen LogP contribution in [0.25, 0.3) is 11.7 Å². The van der Waals surface area contributed by atoms with E-state index in [1.165, 1.54) is 11.8 Å². The van der Waals surface area contributed by atoms with Crippen molar-refractivity contribution in [2.24, 2.45) is 0 Å². The number of aromatic nitrogens is 2. The highest BCUT2D eigenvalue weighted by molar-refractivity contribution is 5.90. The summed E-state index contributed by atoms with van der Waals surface area (Å²) >= 11 is 0. The molecule has 136 valence electrons. The fourth-order valence-electron chi connectivity index (χ4n) is 2.54. The summed E-state index contributed by atoms with van der Waals surface area (Å²) in [5.41, 5.74) is 5.67. The fourth-order valence-corrected chi connectivity index (χ4v) is 2.54. The van der Waals surface area contributed by atoms with Crippen molar-refractivity contribution in [2.45, 2.75) is 59.0 Å². The third kappa shape index (κ3) is 4.90. The number of carbonyl (C=O) groups is 1. The molecule has 0 aliphatic carbocycles. The lowest BCUT2D eigenvalue weighted by Crippen LogP contribution is -2.38. The van der Waals surface area contributed by atoms with Crippen molar-refractivity contribution in [1.29, 1.82) is 0 Å². The molecule has 0 fully saturated rings. The van der Waals surface area contributed by atoms with Gasteiger partial charge in [-0.15, -0.1) is 0 Å². The molecular weight excluding hydrogens is 316 g/mol. The molecule has 6 heteroatoms. The molecule has 0 radical (unpaired) electrons. The molecule has 2 rings (SSSR count). The van der Waals surface area contributed by atoms with Gasteiger partial charge in [-0.2, -0.15) is 0 Å². The Hall–Kier alpha value is -2.18. The van der Waals surface area contributed by atoms with Gasteiger partial charge in [0.05, 0.1) is 11.4 Å². The van der Waals surface area contributed by atoms with Crippen LogP contribution >= 0.6 is 0 Å². The smallest absolute Gasteiger partial charge is 0.267 e. The van der Waals surface area contributed by atoms with Crippen LogP contribution in [0.3, 0.4) is 0 Å². The van der Waals surface area contributed by atoms with Crippen molar-refractivity contribution >= 4 is 17.6 Å². The summed E-state index contributed by atoms with van der Waals surface area (Å²) in [6.45, 7) is 9.49. The van der Waals surface area contributed by atoms with Crippen molar-refractivity contribution in [1.82, 2.24) is 20.2 Å². The first kappa shape index (κ1) is 19.1. The van der Waals surface area contributed by atoms with Gasteiger partial charge in [-0.3, -0.25) is 10.0 Å². The Kier molecular flexibility index (Phi) is 6.33. The van der Waals surface area contributed by atoms with Crippen LogP contribution in [0.4, 0.5) is 0 Å². The van der Waals surface area contributed by atoms with E-state index >= 15 is 0 Å². The van der Waals surface area contributed by atoms with Crippen LogP contribution in [0, 0.1) is 0 Å². The van der Waals surface area contributed by atoms with Gasteiger partial charge in [0.2, 0.25) is 0 Å². The van der Waals surface area contributed by atoms with Crippen molar-refractivity contribution in [3.63, 3.8) is 0 Å². The number of nitrogens with zero attached hydrogens (tertiary/aromatic N) is 2. The minimum absolute atomic E-state index is 0.0774. The van der Waals surface area contributed by atoms with Gasteiger partial charge in [-0.05, 0) is 50.5 Å². The molecule has 2 aromatic rings. The van der Waals surface area contributed by atoms with Crippen LogP contribution in [0.5, 0.6) is 0 Å². The summed E-state index contributed by atoms with van der Waals surface area (Å²) in [4.78, 5) is 15.9. The third-order valence-electron chi connectivity index (χ3n) is 4.47. The van der Waals surface area contributed by atoms with Gasteiger partial charge in [0.25, 0.3) is 5.91 Å². The normalized spacial score (nSPS) is 12.2. The van der Waals surface area contributed by atoms with Crippen molar-refractivity contribution < 1.29 is 10.0 Å². The SMILES string of the molecule is CCCc1nc2cc(/C=C/C(=O)NO)ccn2c1CNC(C)(C)CC. The number of hydrogen-bond acceptors (Lipinski definition) is 4. The second-order valence-corrected chi connectivity index (χ2v) is 6.84. The molecule has 0 aliphatic heterocycles. The van der Waals surface area contributed by atoms with Crippen LogP contribution in [0.15, 0.2) is 24.4 Å². The molecular formula is C19H28N4O2.